The van der Waals surface area contributed by atoms with Gasteiger partial charge in [0.1, 0.15) is 5.82 Å². The van der Waals surface area contributed by atoms with Crippen molar-refractivity contribution in [2.24, 2.45) is 0 Å². The van der Waals surface area contributed by atoms with Gasteiger partial charge in [-0.15, -0.1) is 23.7 Å². The Bertz CT molecular complexity index is 1520. The highest BCUT2D eigenvalue weighted by Gasteiger charge is 2.27. The first-order chi connectivity index (χ1) is 17.3. The number of ketones is 1. The van der Waals surface area contributed by atoms with E-state index in [1.807, 2.05) is 50.2 Å². The van der Waals surface area contributed by atoms with Crippen molar-refractivity contribution in [1.82, 2.24) is 4.98 Å². The quantitative estimate of drug-likeness (QED) is 0.307. The fourth-order valence-corrected chi connectivity index (χ4v) is 6.44. The van der Waals surface area contributed by atoms with E-state index in [1.54, 1.807) is 14.0 Å². The lowest BCUT2D eigenvalue weighted by Gasteiger charge is -2.24. The molecule has 5 rings (SSSR count). The molecule has 1 amide bonds. The molecule has 0 bridgehead atoms. The summed E-state index contributed by atoms with van der Waals surface area (Å²) >= 11 is 1.33. The molecule has 1 saturated heterocycles. The molecular formula is C28H30ClN3O4S. The third-order valence-electron chi connectivity index (χ3n) is 6.86. The molecule has 0 unspecified atom stereocenters. The van der Waals surface area contributed by atoms with Crippen LogP contribution in [0.4, 0.5) is 11.5 Å². The summed E-state index contributed by atoms with van der Waals surface area (Å²) in [6, 6.07) is 11.6. The van der Waals surface area contributed by atoms with Gasteiger partial charge in [0.15, 0.2) is 5.78 Å². The number of Topliss-reactive ketones (excluding diaryl/α,β-unsaturated/α-hetero) is 1. The molecule has 1 aliphatic heterocycles. The number of para-hydroxylation sites is 1. The van der Waals surface area contributed by atoms with Crippen LogP contribution in [-0.2, 0) is 11.3 Å². The van der Waals surface area contributed by atoms with Crippen LogP contribution in [0.1, 0.15) is 50.1 Å². The third-order valence-corrected chi connectivity index (χ3v) is 8.19. The van der Waals surface area contributed by atoms with Crippen molar-refractivity contribution < 1.29 is 19.4 Å². The summed E-state index contributed by atoms with van der Waals surface area (Å²) in [4.78, 5) is 33.4. The molecule has 37 heavy (non-hydrogen) atoms. The van der Waals surface area contributed by atoms with Crippen LogP contribution in [0, 0.1) is 13.8 Å². The van der Waals surface area contributed by atoms with Gasteiger partial charge in [-0.25, -0.2) is 4.98 Å². The van der Waals surface area contributed by atoms with Gasteiger partial charge in [-0.3, -0.25) is 9.59 Å². The fraction of sp³-hybridized carbons (Fsp3) is 0.321. The number of aliphatic hydroxyl groups is 1. The number of rotatable bonds is 6. The number of β-amino-alcohol motifs (C(OH)–C–C–N with tert-alkyl or cyclic N) is 1. The highest BCUT2D eigenvalue weighted by Crippen LogP contribution is 2.39. The monoisotopic (exact) mass is 539 g/mol. The molecule has 9 heteroatoms. The predicted octanol–water partition coefficient (Wildman–Crippen LogP) is 5.66. The van der Waals surface area contributed by atoms with Crippen LogP contribution in [-0.4, -0.2) is 48.1 Å². The minimum Gasteiger partial charge on any atom is -0.391 e. The average Bonchev–Trinajstić information content (AvgIpc) is 3.43. The number of aliphatic hydroxyl groups excluding tert-OH is 1. The highest BCUT2D eigenvalue weighted by atomic mass is 35.5. The Hall–Kier alpha value is -3.04. The first-order valence-electron chi connectivity index (χ1n) is 12.0. The van der Waals surface area contributed by atoms with E-state index in [-0.39, 0.29) is 30.2 Å². The second kappa shape index (κ2) is 10.8. The van der Waals surface area contributed by atoms with Gasteiger partial charge < -0.3 is 20.1 Å². The van der Waals surface area contributed by atoms with Crippen molar-refractivity contribution in [3.63, 3.8) is 0 Å². The van der Waals surface area contributed by atoms with Crippen LogP contribution in [0.3, 0.4) is 0 Å². The number of halogens is 1. The van der Waals surface area contributed by atoms with Crippen molar-refractivity contribution >= 4 is 67.9 Å². The number of fused-ring (bicyclic) bond motifs is 2. The smallest absolute Gasteiger partial charge is 0.267 e. The van der Waals surface area contributed by atoms with Gasteiger partial charge >= 0.3 is 0 Å². The Labute approximate surface area is 225 Å². The van der Waals surface area contributed by atoms with Crippen LogP contribution in [0.5, 0.6) is 0 Å². The molecule has 0 saturated carbocycles. The van der Waals surface area contributed by atoms with Gasteiger partial charge in [0.25, 0.3) is 5.91 Å². The maximum Gasteiger partial charge on any atom is 0.267 e. The summed E-state index contributed by atoms with van der Waals surface area (Å²) in [5.74, 6) is 0.197. The molecule has 194 valence electrons. The summed E-state index contributed by atoms with van der Waals surface area (Å²) in [5.41, 5.74) is 5.00. The second-order valence-electron chi connectivity index (χ2n) is 9.32. The van der Waals surface area contributed by atoms with E-state index in [9.17, 15) is 14.7 Å². The zero-order valence-corrected chi connectivity index (χ0v) is 22.9. The van der Waals surface area contributed by atoms with E-state index < -0.39 is 0 Å². The number of aryl methyl sites for hydroxylation is 1. The molecular weight excluding hydrogens is 510 g/mol. The number of nitrogens with zero attached hydrogens (tertiary/aromatic N) is 2. The van der Waals surface area contributed by atoms with Gasteiger partial charge in [-0.2, -0.15) is 0 Å². The molecule has 0 aliphatic carbocycles. The molecule has 4 aromatic rings. The molecule has 1 fully saturated rings. The number of pyridine rings is 1. The maximum atomic E-state index is 13.6. The molecule has 7 nitrogen and oxygen atoms in total. The molecule has 0 spiro atoms. The Kier molecular flexibility index (Phi) is 7.85. The molecule has 0 radical (unpaired) electrons. The number of ether oxygens (including phenoxy) is 1. The number of aromatic nitrogens is 1. The molecule has 1 atom stereocenters. The van der Waals surface area contributed by atoms with Gasteiger partial charge in [-0.1, -0.05) is 24.3 Å². The Balaban J connectivity index is 0.00000320. The van der Waals surface area contributed by atoms with E-state index in [4.69, 9.17) is 9.72 Å². The van der Waals surface area contributed by atoms with Crippen LogP contribution >= 0.6 is 23.7 Å². The minimum atomic E-state index is -0.368. The lowest BCUT2D eigenvalue weighted by atomic mass is 10.0. The number of nitrogens with one attached hydrogen (secondary N) is 1. The van der Waals surface area contributed by atoms with E-state index in [0.29, 0.717) is 35.8 Å². The number of benzene rings is 2. The van der Waals surface area contributed by atoms with Crippen LogP contribution < -0.4 is 10.2 Å². The minimum absolute atomic E-state index is 0. The van der Waals surface area contributed by atoms with E-state index in [2.05, 4.69) is 10.2 Å². The third kappa shape index (κ3) is 4.82. The topological polar surface area (TPSA) is 91.8 Å². The van der Waals surface area contributed by atoms with Crippen molar-refractivity contribution in [2.75, 3.05) is 30.4 Å². The van der Waals surface area contributed by atoms with Gasteiger partial charge in [0, 0.05) is 46.8 Å². The van der Waals surface area contributed by atoms with Crippen LogP contribution in [0.2, 0.25) is 0 Å². The number of amides is 1. The fourth-order valence-electron chi connectivity index (χ4n) is 5.13. The van der Waals surface area contributed by atoms with Crippen molar-refractivity contribution in [3.8, 4) is 0 Å². The number of carbonyl (C=O) groups is 2. The highest BCUT2D eigenvalue weighted by molar-refractivity contribution is 7.21. The number of anilines is 2. The van der Waals surface area contributed by atoms with Gasteiger partial charge in [-0.05, 0) is 50.5 Å². The van der Waals surface area contributed by atoms with Crippen molar-refractivity contribution in [2.45, 2.75) is 39.9 Å². The van der Waals surface area contributed by atoms with Gasteiger partial charge in [0.2, 0.25) is 0 Å². The Morgan fingerprint density at radius 1 is 1.19 bits per heavy atom. The molecule has 2 N–H and O–H groups in total. The number of hydrogen-bond donors (Lipinski definition) is 2. The first kappa shape index (κ1) is 27.0. The molecule has 2 aromatic heterocycles. The summed E-state index contributed by atoms with van der Waals surface area (Å²) in [6.07, 6.45) is 0.341. The Morgan fingerprint density at radius 2 is 1.95 bits per heavy atom. The van der Waals surface area contributed by atoms with Crippen LogP contribution in [0.25, 0.3) is 21.0 Å². The van der Waals surface area contributed by atoms with E-state index >= 15 is 0 Å². The van der Waals surface area contributed by atoms with Crippen LogP contribution in [0.15, 0.2) is 36.4 Å². The summed E-state index contributed by atoms with van der Waals surface area (Å²) in [6.45, 7) is 7.09. The lowest BCUT2D eigenvalue weighted by molar-refractivity contribution is 0.101. The summed E-state index contributed by atoms with van der Waals surface area (Å²) in [5, 5.41) is 15.1. The van der Waals surface area contributed by atoms with Crippen molar-refractivity contribution in [1.29, 1.82) is 0 Å². The number of hydrogen-bond acceptors (Lipinski definition) is 7. The molecule has 2 aromatic carbocycles. The molecule has 3 heterocycles. The zero-order valence-electron chi connectivity index (χ0n) is 21.3. The number of methoxy groups -OCH3 is 1. The zero-order chi connectivity index (χ0) is 25.6. The standard InChI is InChI=1S/C28H29N3O4S.ClH/c1-15-23-18(14-35-4)9-10-20(17(3)32)26(23)36-25(15)28(34)30-27-16(2)24(31-12-11-19(33)13-31)21-7-5-6-8-22(21)29-27;/h5-10,19,33H,11-14H2,1-4H3,(H,29,30,34);1H/t19-;/m1./s1. The normalized spacial score (nSPS) is 15.3. The maximum absolute atomic E-state index is 13.6. The first-order valence-corrected chi connectivity index (χ1v) is 12.8. The van der Waals surface area contributed by atoms with Gasteiger partial charge in [0.05, 0.1) is 28.8 Å². The summed E-state index contributed by atoms with van der Waals surface area (Å²) < 4.78 is 6.17. The predicted molar refractivity (Wildman–Crippen MR) is 152 cm³/mol. The van der Waals surface area contributed by atoms with Crippen molar-refractivity contribution in [3.05, 3.63) is 63.5 Å². The second-order valence-corrected chi connectivity index (χ2v) is 10.3. The number of thiophene rings is 1. The largest absolute Gasteiger partial charge is 0.391 e. The lowest BCUT2D eigenvalue weighted by Crippen LogP contribution is -2.23. The number of carbonyl (C=O) groups excluding carboxylic acids is 2. The SMILES string of the molecule is COCc1ccc(C(C)=O)c2sc(C(=O)Nc3nc4ccccc4c(N4CC[C@@H](O)C4)c3C)c(C)c12.Cl. The average molecular weight is 540 g/mol. The Morgan fingerprint density at radius 3 is 2.62 bits per heavy atom. The summed E-state index contributed by atoms with van der Waals surface area (Å²) in [7, 11) is 1.63. The van der Waals surface area contributed by atoms with E-state index in [1.165, 1.54) is 11.3 Å². The molecule has 1 aliphatic rings. The van der Waals surface area contributed by atoms with E-state index in [0.717, 1.165) is 49.9 Å².